The van der Waals surface area contributed by atoms with E-state index in [9.17, 15) is 19.1 Å². The monoisotopic (exact) mass is 349 g/mol. The van der Waals surface area contributed by atoms with Crippen molar-refractivity contribution >= 4 is 11.8 Å². The summed E-state index contributed by atoms with van der Waals surface area (Å²) in [5.74, 6) is -0.301. The average Bonchev–Trinajstić information content (AvgIpc) is 2.95. The number of β-amino-alcohol motifs (C(OH)–C–C–N with tert-alkyl or cyclic N) is 1. The molecule has 1 aromatic rings. The molecule has 0 aromatic heterocycles. The molecule has 2 aliphatic rings. The fourth-order valence-corrected chi connectivity index (χ4v) is 3.66. The normalized spacial score (nSPS) is 24.6. The molecular formula is C18H24FN3O3. The van der Waals surface area contributed by atoms with E-state index in [1.165, 1.54) is 19.1 Å². The van der Waals surface area contributed by atoms with E-state index in [1.807, 2.05) is 11.0 Å². The summed E-state index contributed by atoms with van der Waals surface area (Å²) < 4.78 is 13.5. The predicted molar refractivity (Wildman–Crippen MR) is 90.2 cm³/mol. The fourth-order valence-electron chi connectivity index (χ4n) is 3.66. The third-order valence-corrected chi connectivity index (χ3v) is 5.03. The molecule has 0 aliphatic carbocycles. The summed E-state index contributed by atoms with van der Waals surface area (Å²) in [4.78, 5) is 29.4. The zero-order chi connectivity index (χ0) is 18.0. The molecule has 2 fully saturated rings. The number of hydrogen-bond acceptors (Lipinski definition) is 4. The SMILES string of the molecule is CC(=O)N1CCN(C(=O)CN2C[C@@H](O)C[C@@H]2c2cccc(F)c2)CC1. The van der Waals surface area contributed by atoms with Gasteiger partial charge in [0.15, 0.2) is 0 Å². The summed E-state index contributed by atoms with van der Waals surface area (Å²) in [6.07, 6.45) is -0.0230. The molecular weight excluding hydrogens is 325 g/mol. The van der Waals surface area contributed by atoms with Crippen molar-refractivity contribution in [1.29, 1.82) is 0 Å². The molecule has 0 unspecified atom stereocenters. The zero-order valence-corrected chi connectivity index (χ0v) is 14.4. The van der Waals surface area contributed by atoms with Crippen LogP contribution in [-0.4, -0.2) is 77.0 Å². The van der Waals surface area contributed by atoms with Crippen molar-refractivity contribution in [2.24, 2.45) is 0 Å². The smallest absolute Gasteiger partial charge is 0.236 e. The van der Waals surface area contributed by atoms with E-state index < -0.39 is 6.10 Å². The predicted octanol–water partition coefficient (Wildman–Crippen LogP) is 0.624. The van der Waals surface area contributed by atoms with Crippen LogP contribution in [-0.2, 0) is 9.59 Å². The van der Waals surface area contributed by atoms with Gasteiger partial charge in [0.05, 0.1) is 12.6 Å². The van der Waals surface area contributed by atoms with Crippen LogP contribution in [0.4, 0.5) is 4.39 Å². The lowest BCUT2D eigenvalue weighted by molar-refractivity contribution is -0.139. The Morgan fingerprint density at radius 2 is 1.88 bits per heavy atom. The molecule has 136 valence electrons. The molecule has 7 heteroatoms. The van der Waals surface area contributed by atoms with Crippen molar-refractivity contribution in [2.45, 2.75) is 25.5 Å². The molecule has 2 amide bonds. The minimum atomic E-state index is -0.518. The van der Waals surface area contributed by atoms with Crippen LogP contribution in [0.3, 0.4) is 0 Å². The number of rotatable bonds is 3. The first-order valence-electron chi connectivity index (χ1n) is 8.65. The van der Waals surface area contributed by atoms with Crippen LogP contribution in [0.25, 0.3) is 0 Å². The molecule has 2 heterocycles. The molecule has 2 saturated heterocycles. The Balaban J connectivity index is 1.62. The highest BCUT2D eigenvalue weighted by atomic mass is 19.1. The van der Waals surface area contributed by atoms with Gasteiger partial charge < -0.3 is 14.9 Å². The first-order valence-corrected chi connectivity index (χ1v) is 8.65. The number of aliphatic hydroxyl groups excluding tert-OH is 1. The topological polar surface area (TPSA) is 64.1 Å². The highest BCUT2D eigenvalue weighted by Crippen LogP contribution is 2.32. The van der Waals surface area contributed by atoms with Gasteiger partial charge in [-0.3, -0.25) is 14.5 Å². The van der Waals surface area contributed by atoms with Crippen molar-refractivity contribution < 1.29 is 19.1 Å². The average molecular weight is 349 g/mol. The van der Waals surface area contributed by atoms with Crippen LogP contribution in [0.5, 0.6) is 0 Å². The Morgan fingerprint density at radius 3 is 2.52 bits per heavy atom. The molecule has 0 radical (unpaired) electrons. The van der Waals surface area contributed by atoms with Crippen LogP contribution >= 0.6 is 0 Å². The second kappa shape index (κ2) is 7.49. The Labute approximate surface area is 146 Å². The van der Waals surface area contributed by atoms with Crippen LogP contribution in [0.2, 0.25) is 0 Å². The number of nitrogens with zero attached hydrogens (tertiary/aromatic N) is 3. The van der Waals surface area contributed by atoms with Gasteiger partial charge in [-0.2, -0.15) is 0 Å². The van der Waals surface area contributed by atoms with Crippen molar-refractivity contribution in [1.82, 2.24) is 14.7 Å². The first kappa shape index (κ1) is 17.8. The third-order valence-electron chi connectivity index (χ3n) is 5.03. The van der Waals surface area contributed by atoms with Crippen LogP contribution in [0, 0.1) is 5.82 Å². The van der Waals surface area contributed by atoms with E-state index in [2.05, 4.69) is 0 Å². The number of aliphatic hydroxyl groups is 1. The first-order chi connectivity index (χ1) is 11.9. The molecule has 2 aliphatic heterocycles. The summed E-state index contributed by atoms with van der Waals surface area (Å²) >= 11 is 0. The second-order valence-corrected chi connectivity index (χ2v) is 6.78. The van der Waals surface area contributed by atoms with Gasteiger partial charge in [-0.25, -0.2) is 4.39 Å². The number of likely N-dealkylation sites (tertiary alicyclic amines) is 1. The van der Waals surface area contributed by atoms with Gasteiger partial charge in [-0.05, 0) is 24.1 Å². The summed E-state index contributed by atoms with van der Waals surface area (Å²) in [5, 5.41) is 10.0. The number of benzene rings is 1. The van der Waals surface area contributed by atoms with Crippen molar-refractivity contribution in [3.05, 3.63) is 35.6 Å². The van der Waals surface area contributed by atoms with E-state index in [4.69, 9.17) is 0 Å². The van der Waals surface area contributed by atoms with Gasteiger partial charge in [-0.15, -0.1) is 0 Å². The lowest BCUT2D eigenvalue weighted by Gasteiger charge is -2.35. The lowest BCUT2D eigenvalue weighted by atomic mass is 10.0. The van der Waals surface area contributed by atoms with Crippen LogP contribution < -0.4 is 0 Å². The number of halogens is 1. The van der Waals surface area contributed by atoms with Gasteiger partial charge in [0, 0.05) is 45.7 Å². The molecule has 25 heavy (non-hydrogen) atoms. The van der Waals surface area contributed by atoms with Crippen molar-refractivity contribution in [3.8, 4) is 0 Å². The number of piperazine rings is 1. The lowest BCUT2D eigenvalue weighted by Crippen LogP contribution is -2.52. The fraction of sp³-hybridized carbons (Fsp3) is 0.556. The molecule has 0 bridgehead atoms. The minimum absolute atomic E-state index is 0.0151. The summed E-state index contributed by atoms with van der Waals surface area (Å²) in [6.45, 7) is 4.29. The van der Waals surface area contributed by atoms with Crippen molar-refractivity contribution in [3.63, 3.8) is 0 Å². The zero-order valence-electron chi connectivity index (χ0n) is 14.4. The number of carbonyl (C=O) groups is 2. The summed E-state index contributed by atoms with van der Waals surface area (Å²) in [5.41, 5.74) is 0.783. The van der Waals surface area contributed by atoms with Gasteiger partial charge in [0.2, 0.25) is 11.8 Å². The quantitative estimate of drug-likeness (QED) is 0.869. The molecule has 2 atom stereocenters. The maximum Gasteiger partial charge on any atom is 0.236 e. The van der Waals surface area contributed by atoms with Gasteiger partial charge in [0.1, 0.15) is 5.82 Å². The maximum absolute atomic E-state index is 13.5. The largest absolute Gasteiger partial charge is 0.392 e. The van der Waals surface area contributed by atoms with E-state index in [1.54, 1.807) is 15.9 Å². The molecule has 0 spiro atoms. The number of amides is 2. The second-order valence-electron chi connectivity index (χ2n) is 6.78. The van der Waals surface area contributed by atoms with Gasteiger partial charge >= 0.3 is 0 Å². The van der Waals surface area contributed by atoms with E-state index in [0.29, 0.717) is 39.1 Å². The van der Waals surface area contributed by atoms with Crippen LogP contribution in [0.15, 0.2) is 24.3 Å². The van der Waals surface area contributed by atoms with Crippen LogP contribution in [0.1, 0.15) is 24.9 Å². The molecule has 1 aromatic carbocycles. The number of hydrogen-bond donors (Lipinski definition) is 1. The summed E-state index contributed by atoms with van der Waals surface area (Å²) in [7, 11) is 0. The molecule has 0 saturated carbocycles. The summed E-state index contributed by atoms with van der Waals surface area (Å²) in [6, 6.07) is 6.17. The highest BCUT2D eigenvalue weighted by molar-refractivity contribution is 5.79. The Kier molecular flexibility index (Phi) is 5.34. The maximum atomic E-state index is 13.5. The van der Waals surface area contributed by atoms with E-state index >= 15 is 0 Å². The van der Waals surface area contributed by atoms with E-state index in [-0.39, 0.29) is 30.2 Å². The molecule has 1 N–H and O–H groups in total. The third kappa shape index (κ3) is 4.16. The standard InChI is InChI=1S/C18H24FN3O3/c1-13(23)20-5-7-21(8-6-20)18(25)12-22-11-16(24)10-17(22)14-3-2-4-15(19)9-14/h2-4,9,16-17,24H,5-8,10-12H2,1H3/t16-,17+/m0/s1. The van der Waals surface area contributed by atoms with E-state index in [0.717, 1.165) is 5.56 Å². The minimum Gasteiger partial charge on any atom is -0.392 e. The van der Waals surface area contributed by atoms with Gasteiger partial charge in [-0.1, -0.05) is 12.1 Å². The Hall–Kier alpha value is -1.99. The Morgan fingerprint density at radius 1 is 1.20 bits per heavy atom. The van der Waals surface area contributed by atoms with Gasteiger partial charge in [0.25, 0.3) is 0 Å². The Bertz CT molecular complexity index is 646. The van der Waals surface area contributed by atoms with Crippen molar-refractivity contribution in [2.75, 3.05) is 39.3 Å². The number of carbonyl (C=O) groups excluding carboxylic acids is 2. The molecule has 3 rings (SSSR count). The highest BCUT2D eigenvalue weighted by Gasteiger charge is 2.34. The molecule has 6 nitrogen and oxygen atoms in total.